The second kappa shape index (κ2) is 9.40. The Morgan fingerprint density at radius 2 is 2.08 bits per heavy atom. The molecule has 1 atom stereocenters. The number of amides is 1. The summed E-state index contributed by atoms with van der Waals surface area (Å²) in [6.45, 7) is 8.87. The summed E-state index contributed by atoms with van der Waals surface area (Å²) in [6, 6.07) is 0.0412. The highest BCUT2D eigenvalue weighted by molar-refractivity contribution is 5.79. The van der Waals surface area contributed by atoms with Crippen LogP contribution in [0.3, 0.4) is 0 Å². The average Bonchev–Trinajstić information content (AvgIpc) is 2.93. The minimum absolute atomic E-state index is 0.0412. The summed E-state index contributed by atoms with van der Waals surface area (Å²) in [5.41, 5.74) is -0.492. The predicted molar refractivity (Wildman–Crippen MR) is 102 cm³/mol. The predicted octanol–water partition coefficient (Wildman–Crippen LogP) is 1.47. The van der Waals surface area contributed by atoms with E-state index in [1.54, 1.807) is 23.7 Å². The van der Waals surface area contributed by atoms with E-state index in [2.05, 4.69) is 20.4 Å². The lowest BCUT2D eigenvalue weighted by Crippen LogP contribution is -2.43. The average molecular weight is 367 g/mol. The first-order valence-electron chi connectivity index (χ1n) is 8.75. The molecule has 1 aromatic heterocycles. The molecule has 0 saturated carbocycles. The van der Waals surface area contributed by atoms with E-state index >= 15 is 0 Å². The largest absolute Gasteiger partial charge is 0.444 e. The molecule has 0 radical (unpaired) electrons. The second-order valence-electron chi connectivity index (χ2n) is 7.36. The van der Waals surface area contributed by atoms with Crippen molar-refractivity contribution in [3.63, 3.8) is 0 Å². The molecule has 1 N–H and O–H groups in total. The van der Waals surface area contributed by atoms with Crippen molar-refractivity contribution in [2.45, 2.75) is 52.3 Å². The molecule has 0 aliphatic heterocycles. The number of nitrogens with zero attached hydrogens (tertiary/aromatic N) is 6. The first-order valence-corrected chi connectivity index (χ1v) is 8.75. The van der Waals surface area contributed by atoms with Crippen molar-refractivity contribution in [2.24, 2.45) is 12.0 Å². The monoisotopic (exact) mass is 367 g/mol. The van der Waals surface area contributed by atoms with E-state index in [4.69, 9.17) is 4.74 Å². The maximum absolute atomic E-state index is 12.1. The Kier molecular flexibility index (Phi) is 7.85. The lowest BCUT2D eigenvalue weighted by Gasteiger charge is -2.29. The van der Waals surface area contributed by atoms with Gasteiger partial charge >= 0.3 is 6.09 Å². The SMILES string of the molecule is CN=C(NCCC(C)N(C)C(=O)OC(C)(C)C)N(C)Cc1ncnn1C. The fraction of sp³-hybridized carbons (Fsp3) is 0.765. The van der Waals surface area contributed by atoms with Gasteiger partial charge in [0.15, 0.2) is 5.96 Å². The Morgan fingerprint density at radius 1 is 1.42 bits per heavy atom. The van der Waals surface area contributed by atoms with E-state index < -0.39 is 5.60 Å². The summed E-state index contributed by atoms with van der Waals surface area (Å²) >= 11 is 0. The van der Waals surface area contributed by atoms with Crippen LogP contribution in [0.25, 0.3) is 0 Å². The number of aryl methyl sites for hydroxylation is 1. The number of aromatic nitrogens is 3. The third-order valence-corrected chi connectivity index (χ3v) is 3.94. The van der Waals surface area contributed by atoms with Gasteiger partial charge in [-0.05, 0) is 34.1 Å². The summed E-state index contributed by atoms with van der Waals surface area (Å²) in [5.74, 6) is 1.62. The molecule has 1 heterocycles. The van der Waals surface area contributed by atoms with Crippen molar-refractivity contribution in [3.05, 3.63) is 12.2 Å². The van der Waals surface area contributed by atoms with Crippen LogP contribution in [0.4, 0.5) is 4.79 Å². The molecule has 148 valence electrons. The highest BCUT2D eigenvalue weighted by atomic mass is 16.6. The number of carbonyl (C=O) groups excluding carboxylic acids is 1. The van der Waals surface area contributed by atoms with Gasteiger partial charge in [0.1, 0.15) is 17.8 Å². The van der Waals surface area contributed by atoms with Crippen molar-refractivity contribution in [1.29, 1.82) is 0 Å². The Morgan fingerprint density at radius 3 is 2.58 bits per heavy atom. The normalized spacial score (nSPS) is 13.3. The highest BCUT2D eigenvalue weighted by Gasteiger charge is 2.22. The van der Waals surface area contributed by atoms with Gasteiger partial charge in [-0.3, -0.25) is 9.67 Å². The first-order chi connectivity index (χ1) is 12.0. The molecule has 1 amide bonds. The third kappa shape index (κ3) is 6.89. The molecule has 0 aliphatic carbocycles. The van der Waals surface area contributed by atoms with Gasteiger partial charge in [0.05, 0.1) is 6.54 Å². The summed E-state index contributed by atoms with van der Waals surface area (Å²) in [5, 5.41) is 7.38. The molecule has 0 aliphatic rings. The third-order valence-electron chi connectivity index (χ3n) is 3.94. The highest BCUT2D eigenvalue weighted by Crippen LogP contribution is 2.11. The Hall–Kier alpha value is -2.32. The molecule has 0 aromatic carbocycles. The van der Waals surface area contributed by atoms with Gasteiger partial charge in [0.25, 0.3) is 0 Å². The van der Waals surface area contributed by atoms with E-state index in [-0.39, 0.29) is 12.1 Å². The van der Waals surface area contributed by atoms with Crippen molar-refractivity contribution >= 4 is 12.1 Å². The fourth-order valence-electron chi connectivity index (χ4n) is 2.24. The number of ether oxygens (including phenoxy) is 1. The van der Waals surface area contributed by atoms with Crippen molar-refractivity contribution in [3.8, 4) is 0 Å². The lowest BCUT2D eigenvalue weighted by molar-refractivity contribution is 0.0230. The maximum Gasteiger partial charge on any atom is 0.410 e. The van der Waals surface area contributed by atoms with E-state index in [1.165, 1.54) is 6.33 Å². The molecule has 0 saturated heterocycles. The van der Waals surface area contributed by atoms with Gasteiger partial charge in [-0.15, -0.1) is 0 Å². The van der Waals surface area contributed by atoms with Crippen LogP contribution in [0.2, 0.25) is 0 Å². The van der Waals surface area contributed by atoms with Crippen LogP contribution in [-0.4, -0.2) is 75.9 Å². The smallest absolute Gasteiger partial charge is 0.410 e. The van der Waals surface area contributed by atoms with Crippen molar-refractivity contribution in [2.75, 3.05) is 27.7 Å². The van der Waals surface area contributed by atoms with Crippen molar-refractivity contribution in [1.82, 2.24) is 29.9 Å². The summed E-state index contributed by atoms with van der Waals surface area (Å²) in [6.07, 6.45) is 1.99. The Balaban J connectivity index is 2.46. The maximum atomic E-state index is 12.1. The van der Waals surface area contributed by atoms with Crippen LogP contribution in [0.5, 0.6) is 0 Å². The van der Waals surface area contributed by atoms with E-state index in [9.17, 15) is 4.79 Å². The Bertz CT molecular complexity index is 606. The topological polar surface area (TPSA) is 87.9 Å². The number of hydrogen-bond acceptors (Lipinski definition) is 5. The number of carbonyl (C=O) groups is 1. The minimum atomic E-state index is -0.492. The van der Waals surface area contributed by atoms with Crippen LogP contribution in [-0.2, 0) is 18.3 Å². The van der Waals surface area contributed by atoms with Gasteiger partial charge in [-0.25, -0.2) is 9.78 Å². The number of rotatable bonds is 6. The van der Waals surface area contributed by atoms with E-state index in [0.717, 1.165) is 18.2 Å². The number of nitrogens with one attached hydrogen (secondary N) is 1. The number of hydrogen-bond donors (Lipinski definition) is 1. The quantitative estimate of drug-likeness (QED) is 0.605. The van der Waals surface area contributed by atoms with E-state index in [0.29, 0.717) is 13.1 Å². The molecular weight excluding hydrogens is 334 g/mol. The zero-order chi connectivity index (χ0) is 19.9. The summed E-state index contributed by atoms with van der Waals surface area (Å²) in [4.78, 5) is 24.2. The zero-order valence-corrected chi connectivity index (χ0v) is 17.3. The fourth-order valence-corrected chi connectivity index (χ4v) is 2.24. The molecule has 1 unspecified atom stereocenters. The van der Waals surface area contributed by atoms with E-state index in [1.807, 2.05) is 46.7 Å². The van der Waals surface area contributed by atoms with Gasteiger partial charge < -0.3 is 19.9 Å². The molecule has 0 spiro atoms. The van der Waals surface area contributed by atoms with Gasteiger partial charge in [0.2, 0.25) is 0 Å². The summed E-state index contributed by atoms with van der Waals surface area (Å²) in [7, 11) is 7.31. The molecule has 26 heavy (non-hydrogen) atoms. The molecule has 9 nitrogen and oxygen atoms in total. The molecular formula is C17H33N7O2. The molecule has 1 aromatic rings. The molecule has 1 rings (SSSR count). The van der Waals surface area contributed by atoms with Crippen molar-refractivity contribution < 1.29 is 9.53 Å². The van der Waals surface area contributed by atoms with Crippen LogP contribution in [0, 0.1) is 0 Å². The lowest BCUT2D eigenvalue weighted by atomic mass is 10.2. The molecule has 0 fully saturated rings. The second-order valence-corrected chi connectivity index (χ2v) is 7.36. The number of guanidine groups is 1. The van der Waals surface area contributed by atoms with Crippen LogP contribution in [0.15, 0.2) is 11.3 Å². The standard InChI is InChI=1S/C17H33N7O2/c1-13(23(7)16(25)26-17(2,3)4)9-10-19-15(18-5)22(6)11-14-20-12-21-24(14)8/h12-13H,9-11H2,1-8H3,(H,18,19). The first kappa shape index (κ1) is 21.7. The van der Waals surface area contributed by atoms with Crippen LogP contribution >= 0.6 is 0 Å². The molecule has 9 heteroatoms. The Labute approximate surface area is 156 Å². The summed E-state index contributed by atoms with van der Waals surface area (Å²) < 4.78 is 7.13. The molecule has 0 bridgehead atoms. The minimum Gasteiger partial charge on any atom is -0.444 e. The zero-order valence-electron chi connectivity index (χ0n) is 17.3. The van der Waals surface area contributed by atoms with Crippen LogP contribution in [0.1, 0.15) is 39.9 Å². The van der Waals surface area contributed by atoms with Gasteiger partial charge in [0, 0.05) is 40.8 Å². The van der Waals surface area contributed by atoms with Crippen LogP contribution < -0.4 is 5.32 Å². The van der Waals surface area contributed by atoms with Gasteiger partial charge in [-0.2, -0.15) is 5.10 Å². The van der Waals surface area contributed by atoms with Gasteiger partial charge in [-0.1, -0.05) is 0 Å². The number of aliphatic imine (C=N–C) groups is 1.